The molecule has 150 valence electrons. The number of rotatable bonds is 4. The quantitative estimate of drug-likeness (QED) is 0.661. The van der Waals surface area contributed by atoms with Gasteiger partial charge in [-0.2, -0.15) is 5.10 Å². The van der Waals surface area contributed by atoms with Gasteiger partial charge in [-0.3, -0.25) is 9.48 Å². The lowest BCUT2D eigenvalue weighted by Crippen LogP contribution is -2.22. The van der Waals surface area contributed by atoms with E-state index in [1.165, 1.54) is 6.92 Å². The van der Waals surface area contributed by atoms with E-state index in [-0.39, 0.29) is 29.0 Å². The van der Waals surface area contributed by atoms with Gasteiger partial charge in [0.05, 0.1) is 17.1 Å². The van der Waals surface area contributed by atoms with E-state index in [0.717, 1.165) is 0 Å². The molecule has 0 unspecified atom stereocenters. The standard InChI is InChI=1S/C18H18N6O4S/c1-11(25)20-17-9-14(12(10-19-17)13-5-6-24(2)23-13)21-16-4-3-15-18(22-16)29(26,27)8-7-28-15/h3-6,9-10H,7-8H2,1-2H3,(H2,19,20,21,22,25). The average molecular weight is 414 g/mol. The Morgan fingerprint density at radius 2 is 2.07 bits per heavy atom. The van der Waals surface area contributed by atoms with Crippen molar-refractivity contribution in [1.29, 1.82) is 0 Å². The molecule has 0 aromatic carbocycles. The molecule has 11 heteroatoms. The summed E-state index contributed by atoms with van der Waals surface area (Å²) in [7, 11) is -1.70. The highest BCUT2D eigenvalue weighted by Crippen LogP contribution is 2.33. The summed E-state index contributed by atoms with van der Waals surface area (Å²) in [5, 5.41) is 10.0. The molecule has 2 N–H and O–H groups in total. The number of ether oxygens (including phenoxy) is 1. The fourth-order valence-electron chi connectivity index (χ4n) is 2.90. The van der Waals surface area contributed by atoms with Crippen molar-refractivity contribution in [3.8, 4) is 17.0 Å². The van der Waals surface area contributed by atoms with E-state index < -0.39 is 9.84 Å². The lowest BCUT2D eigenvalue weighted by atomic mass is 10.1. The van der Waals surface area contributed by atoms with E-state index in [2.05, 4.69) is 25.7 Å². The zero-order valence-corrected chi connectivity index (χ0v) is 16.5. The molecule has 0 saturated carbocycles. The van der Waals surface area contributed by atoms with Gasteiger partial charge in [0, 0.05) is 38.0 Å². The number of amides is 1. The largest absolute Gasteiger partial charge is 0.489 e. The van der Waals surface area contributed by atoms with Crippen molar-refractivity contribution < 1.29 is 17.9 Å². The first-order valence-electron chi connectivity index (χ1n) is 8.73. The number of hydrogen-bond donors (Lipinski definition) is 2. The Bertz CT molecular complexity index is 1200. The third-order valence-electron chi connectivity index (χ3n) is 4.19. The van der Waals surface area contributed by atoms with Gasteiger partial charge in [0.25, 0.3) is 0 Å². The number of carbonyl (C=O) groups excluding carboxylic acids is 1. The van der Waals surface area contributed by atoms with Crippen LogP contribution in [0.2, 0.25) is 0 Å². The van der Waals surface area contributed by atoms with E-state index in [1.807, 2.05) is 6.07 Å². The van der Waals surface area contributed by atoms with E-state index in [1.54, 1.807) is 42.3 Å². The van der Waals surface area contributed by atoms with Crippen molar-refractivity contribution in [1.82, 2.24) is 19.7 Å². The summed E-state index contributed by atoms with van der Waals surface area (Å²) in [4.78, 5) is 19.9. The molecule has 0 spiro atoms. The van der Waals surface area contributed by atoms with Crippen LogP contribution in [-0.4, -0.2) is 46.4 Å². The van der Waals surface area contributed by atoms with Crippen LogP contribution in [-0.2, 0) is 21.7 Å². The minimum absolute atomic E-state index is 0.0933. The summed E-state index contributed by atoms with van der Waals surface area (Å²) in [6.07, 6.45) is 3.37. The molecule has 3 aromatic heterocycles. The summed E-state index contributed by atoms with van der Waals surface area (Å²) in [6, 6.07) is 6.65. The number of anilines is 3. The van der Waals surface area contributed by atoms with Crippen molar-refractivity contribution in [2.75, 3.05) is 23.0 Å². The molecule has 0 atom stereocenters. The van der Waals surface area contributed by atoms with Gasteiger partial charge in [0.1, 0.15) is 18.2 Å². The molecule has 1 aliphatic rings. The number of pyridine rings is 2. The van der Waals surface area contributed by atoms with Gasteiger partial charge in [-0.1, -0.05) is 0 Å². The maximum absolute atomic E-state index is 12.3. The van der Waals surface area contributed by atoms with E-state index in [9.17, 15) is 13.2 Å². The number of fused-ring (bicyclic) bond motifs is 1. The van der Waals surface area contributed by atoms with Crippen molar-refractivity contribution in [3.05, 3.63) is 36.7 Å². The lowest BCUT2D eigenvalue weighted by molar-refractivity contribution is -0.114. The van der Waals surface area contributed by atoms with Crippen molar-refractivity contribution >= 4 is 33.1 Å². The summed E-state index contributed by atoms with van der Waals surface area (Å²) < 4.78 is 31.6. The molecule has 0 saturated heterocycles. The molecule has 0 radical (unpaired) electrons. The lowest BCUT2D eigenvalue weighted by Gasteiger charge is -2.18. The molecule has 3 aromatic rings. The van der Waals surface area contributed by atoms with Gasteiger partial charge in [-0.05, 0) is 18.2 Å². The van der Waals surface area contributed by atoms with Gasteiger partial charge in [0.15, 0.2) is 10.8 Å². The minimum atomic E-state index is -3.50. The van der Waals surface area contributed by atoms with E-state index in [4.69, 9.17) is 4.74 Å². The van der Waals surface area contributed by atoms with Gasteiger partial charge in [-0.25, -0.2) is 18.4 Å². The molecule has 4 heterocycles. The molecule has 1 amide bonds. The van der Waals surface area contributed by atoms with Crippen LogP contribution in [0, 0.1) is 0 Å². The average Bonchev–Trinajstić information content (AvgIpc) is 3.08. The molecule has 0 aliphatic carbocycles. The molecular weight excluding hydrogens is 396 g/mol. The highest BCUT2D eigenvalue weighted by Gasteiger charge is 2.27. The number of aryl methyl sites for hydroxylation is 1. The van der Waals surface area contributed by atoms with Crippen LogP contribution in [0.5, 0.6) is 5.75 Å². The SMILES string of the molecule is CC(=O)Nc1cc(Nc2ccc3c(n2)S(=O)(=O)CCO3)c(-c2ccn(C)n2)cn1. The fraction of sp³-hybridized carbons (Fsp3) is 0.222. The monoisotopic (exact) mass is 414 g/mol. The number of hydrogen-bond acceptors (Lipinski definition) is 8. The van der Waals surface area contributed by atoms with E-state index in [0.29, 0.717) is 28.6 Å². The third kappa shape index (κ3) is 3.90. The van der Waals surface area contributed by atoms with Crippen LogP contribution in [0.25, 0.3) is 11.3 Å². The highest BCUT2D eigenvalue weighted by atomic mass is 32.2. The Balaban J connectivity index is 1.76. The van der Waals surface area contributed by atoms with Crippen LogP contribution in [0.15, 0.2) is 41.7 Å². The van der Waals surface area contributed by atoms with Crippen LogP contribution < -0.4 is 15.4 Å². The Kier molecular flexibility index (Phi) is 4.66. The summed E-state index contributed by atoms with van der Waals surface area (Å²) in [5.41, 5.74) is 1.88. The molecular formula is C18H18N6O4S. The normalized spacial score (nSPS) is 14.6. The van der Waals surface area contributed by atoms with Gasteiger partial charge >= 0.3 is 0 Å². The Labute approximate surface area is 166 Å². The number of sulfone groups is 1. The first-order chi connectivity index (χ1) is 13.8. The van der Waals surface area contributed by atoms with Crippen LogP contribution in [0.4, 0.5) is 17.3 Å². The first-order valence-corrected chi connectivity index (χ1v) is 10.4. The van der Waals surface area contributed by atoms with Crippen molar-refractivity contribution in [2.24, 2.45) is 7.05 Å². The summed E-state index contributed by atoms with van der Waals surface area (Å²) in [5.74, 6) is 0.519. The number of aromatic nitrogens is 4. The second-order valence-corrected chi connectivity index (χ2v) is 8.49. The minimum Gasteiger partial charge on any atom is -0.489 e. The Hall–Kier alpha value is -3.47. The zero-order valence-electron chi connectivity index (χ0n) is 15.7. The molecule has 4 rings (SSSR count). The van der Waals surface area contributed by atoms with Gasteiger partial charge < -0.3 is 15.4 Å². The second kappa shape index (κ2) is 7.17. The molecule has 29 heavy (non-hydrogen) atoms. The van der Waals surface area contributed by atoms with Gasteiger partial charge in [0.2, 0.25) is 15.7 Å². The molecule has 10 nitrogen and oxygen atoms in total. The van der Waals surface area contributed by atoms with Crippen LogP contribution in [0.1, 0.15) is 6.92 Å². The van der Waals surface area contributed by atoms with Gasteiger partial charge in [-0.15, -0.1) is 0 Å². The summed E-state index contributed by atoms with van der Waals surface area (Å²) >= 11 is 0. The molecule has 0 bridgehead atoms. The first kappa shape index (κ1) is 18.9. The molecule has 0 fully saturated rings. The smallest absolute Gasteiger partial charge is 0.222 e. The highest BCUT2D eigenvalue weighted by molar-refractivity contribution is 7.91. The van der Waals surface area contributed by atoms with Crippen molar-refractivity contribution in [2.45, 2.75) is 11.9 Å². The fourth-order valence-corrected chi connectivity index (χ4v) is 4.06. The van der Waals surface area contributed by atoms with Crippen LogP contribution in [0.3, 0.4) is 0 Å². The predicted molar refractivity (Wildman–Crippen MR) is 106 cm³/mol. The maximum atomic E-state index is 12.3. The van der Waals surface area contributed by atoms with Crippen LogP contribution >= 0.6 is 0 Å². The number of nitrogens with zero attached hydrogens (tertiary/aromatic N) is 4. The number of nitrogens with one attached hydrogen (secondary N) is 2. The van der Waals surface area contributed by atoms with Crippen molar-refractivity contribution in [3.63, 3.8) is 0 Å². The number of carbonyl (C=O) groups is 1. The van der Waals surface area contributed by atoms with E-state index >= 15 is 0 Å². The Morgan fingerprint density at radius 3 is 2.79 bits per heavy atom. The summed E-state index contributed by atoms with van der Waals surface area (Å²) in [6.45, 7) is 1.50. The Morgan fingerprint density at radius 1 is 1.24 bits per heavy atom. The third-order valence-corrected chi connectivity index (χ3v) is 5.78. The topological polar surface area (TPSA) is 128 Å². The predicted octanol–water partition coefficient (Wildman–Crippen LogP) is 1.75. The second-order valence-electron chi connectivity index (χ2n) is 6.46. The zero-order chi connectivity index (χ0) is 20.6. The molecule has 1 aliphatic heterocycles. The maximum Gasteiger partial charge on any atom is 0.222 e.